The zero-order valence-corrected chi connectivity index (χ0v) is 13.3. The largest absolute Gasteiger partial charge is 0.355 e. The van der Waals surface area contributed by atoms with Gasteiger partial charge in [-0.1, -0.05) is 43.0 Å². The molecule has 0 saturated heterocycles. The number of aryl methyl sites for hydroxylation is 2. The van der Waals surface area contributed by atoms with Crippen molar-refractivity contribution in [3.63, 3.8) is 0 Å². The van der Waals surface area contributed by atoms with Gasteiger partial charge in [0.15, 0.2) is 5.16 Å². The minimum absolute atomic E-state index is 0.0492. The molecule has 2 aromatic rings. The van der Waals surface area contributed by atoms with Crippen LogP contribution in [-0.4, -0.2) is 27.8 Å². The fraction of sp³-hybridized carbons (Fsp3) is 0.375. The molecule has 2 rings (SSSR count). The molecule has 0 bridgehead atoms. The summed E-state index contributed by atoms with van der Waals surface area (Å²) in [5.41, 5.74) is 2.60. The Morgan fingerprint density at radius 1 is 1.29 bits per heavy atom. The molecule has 21 heavy (non-hydrogen) atoms. The second-order valence-electron chi connectivity index (χ2n) is 4.88. The maximum atomic E-state index is 11.8. The molecule has 0 unspecified atom stereocenters. The number of nitrogens with zero attached hydrogens (tertiary/aromatic N) is 2. The van der Waals surface area contributed by atoms with Crippen LogP contribution in [0, 0.1) is 0 Å². The van der Waals surface area contributed by atoms with Crippen LogP contribution in [0.3, 0.4) is 0 Å². The Bertz CT molecular complexity index is 577. The van der Waals surface area contributed by atoms with E-state index in [1.807, 2.05) is 17.8 Å². The van der Waals surface area contributed by atoms with E-state index in [9.17, 15) is 4.79 Å². The van der Waals surface area contributed by atoms with Crippen LogP contribution in [0.4, 0.5) is 0 Å². The first-order valence-electron chi connectivity index (χ1n) is 7.13. The van der Waals surface area contributed by atoms with Gasteiger partial charge in [-0.15, -0.1) is 0 Å². The number of carbonyl (C=O) groups excluding carboxylic acids is 1. The summed E-state index contributed by atoms with van der Waals surface area (Å²) in [7, 11) is 1.92. The summed E-state index contributed by atoms with van der Waals surface area (Å²) in [6.07, 6.45) is 5.53. The fourth-order valence-electron chi connectivity index (χ4n) is 1.96. The van der Waals surface area contributed by atoms with Gasteiger partial charge in [0.2, 0.25) is 5.91 Å². The molecule has 0 aliphatic carbocycles. The number of aromatic nitrogens is 2. The highest BCUT2D eigenvalue weighted by molar-refractivity contribution is 7.99. The standard InChI is InChI=1S/C16H21N3OS/c1-3-13-4-6-14(7-5-13)8-9-17-15(20)12-21-16-18-10-11-19(16)2/h4-7,10-11H,3,8-9,12H2,1-2H3,(H,17,20). The van der Waals surface area contributed by atoms with Crippen LogP contribution >= 0.6 is 11.8 Å². The van der Waals surface area contributed by atoms with Crippen molar-refractivity contribution in [2.75, 3.05) is 12.3 Å². The summed E-state index contributed by atoms with van der Waals surface area (Å²) in [5, 5.41) is 3.81. The molecule has 1 heterocycles. The first-order valence-corrected chi connectivity index (χ1v) is 8.12. The number of nitrogens with one attached hydrogen (secondary N) is 1. The van der Waals surface area contributed by atoms with E-state index in [4.69, 9.17) is 0 Å². The van der Waals surface area contributed by atoms with Gasteiger partial charge < -0.3 is 9.88 Å². The van der Waals surface area contributed by atoms with Crippen LogP contribution in [-0.2, 0) is 24.7 Å². The molecular weight excluding hydrogens is 282 g/mol. The van der Waals surface area contributed by atoms with Gasteiger partial charge in [-0.05, 0) is 24.0 Å². The van der Waals surface area contributed by atoms with Gasteiger partial charge in [-0.3, -0.25) is 4.79 Å². The lowest BCUT2D eigenvalue weighted by Crippen LogP contribution is -2.27. The predicted molar refractivity (Wildman–Crippen MR) is 86.5 cm³/mol. The average molecular weight is 303 g/mol. The molecule has 1 aromatic carbocycles. The average Bonchev–Trinajstić information content (AvgIpc) is 2.91. The van der Waals surface area contributed by atoms with Crippen LogP contribution in [0.15, 0.2) is 41.8 Å². The zero-order valence-electron chi connectivity index (χ0n) is 12.5. The second-order valence-corrected chi connectivity index (χ2v) is 5.82. The van der Waals surface area contributed by atoms with E-state index in [1.165, 1.54) is 22.9 Å². The lowest BCUT2D eigenvalue weighted by Gasteiger charge is -2.06. The number of benzene rings is 1. The highest BCUT2D eigenvalue weighted by Crippen LogP contribution is 2.13. The number of rotatable bonds is 7. The van der Waals surface area contributed by atoms with Crippen LogP contribution in [0.1, 0.15) is 18.1 Å². The molecule has 1 N–H and O–H groups in total. The Hall–Kier alpha value is -1.75. The van der Waals surface area contributed by atoms with Gasteiger partial charge in [-0.2, -0.15) is 0 Å². The Morgan fingerprint density at radius 3 is 2.62 bits per heavy atom. The minimum Gasteiger partial charge on any atom is -0.355 e. The quantitative estimate of drug-likeness (QED) is 0.799. The van der Waals surface area contributed by atoms with Crippen molar-refractivity contribution in [2.45, 2.75) is 24.9 Å². The van der Waals surface area contributed by atoms with E-state index in [2.05, 4.69) is 41.5 Å². The number of carbonyl (C=O) groups is 1. The summed E-state index contributed by atoms with van der Waals surface area (Å²) in [5.74, 6) is 0.452. The molecule has 112 valence electrons. The van der Waals surface area contributed by atoms with Crippen LogP contribution in [0.5, 0.6) is 0 Å². The van der Waals surface area contributed by atoms with Crippen LogP contribution in [0.25, 0.3) is 0 Å². The summed E-state index contributed by atoms with van der Waals surface area (Å²) in [6, 6.07) is 8.56. The second kappa shape index (κ2) is 7.88. The molecule has 0 aliphatic rings. The van der Waals surface area contributed by atoms with Crippen molar-refractivity contribution in [1.29, 1.82) is 0 Å². The zero-order chi connectivity index (χ0) is 15.1. The van der Waals surface area contributed by atoms with Crippen molar-refractivity contribution < 1.29 is 4.79 Å². The Labute approximate surface area is 130 Å². The van der Waals surface area contributed by atoms with Crippen molar-refractivity contribution >= 4 is 17.7 Å². The van der Waals surface area contributed by atoms with E-state index in [1.54, 1.807) is 6.20 Å². The number of hydrogen-bond acceptors (Lipinski definition) is 3. The monoisotopic (exact) mass is 303 g/mol. The number of imidazole rings is 1. The molecule has 0 atom stereocenters. The molecule has 0 aliphatic heterocycles. The maximum Gasteiger partial charge on any atom is 0.230 e. The summed E-state index contributed by atoms with van der Waals surface area (Å²) in [4.78, 5) is 15.9. The number of amides is 1. The molecule has 5 heteroatoms. The lowest BCUT2D eigenvalue weighted by atomic mass is 10.1. The van der Waals surface area contributed by atoms with Crippen molar-refractivity contribution in [2.24, 2.45) is 7.05 Å². The van der Waals surface area contributed by atoms with Gasteiger partial charge in [0, 0.05) is 26.0 Å². The Morgan fingerprint density at radius 2 is 2.00 bits per heavy atom. The highest BCUT2D eigenvalue weighted by atomic mass is 32.2. The van der Waals surface area contributed by atoms with Gasteiger partial charge in [0.1, 0.15) is 0 Å². The Kier molecular flexibility index (Phi) is 5.87. The number of hydrogen-bond donors (Lipinski definition) is 1. The Balaban J connectivity index is 1.68. The third kappa shape index (κ3) is 4.93. The van der Waals surface area contributed by atoms with E-state index in [0.29, 0.717) is 12.3 Å². The molecule has 1 aromatic heterocycles. The first kappa shape index (κ1) is 15.6. The van der Waals surface area contributed by atoms with Gasteiger partial charge in [0.05, 0.1) is 5.75 Å². The third-order valence-corrected chi connectivity index (χ3v) is 4.33. The van der Waals surface area contributed by atoms with E-state index < -0.39 is 0 Å². The van der Waals surface area contributed by atoms with Crippen molar-refractivity contribution in [1.82, 2.24) is 14.9 Å². The fourth-order valence-corrected chi connectivity index (χ4v) is 2.72. The van der Waals surface area contributed by atoms with Gasteiger partial charge in [-0.25, -0.2) is 4.98 Å². The van der Waals surface area contributed by atoms with E-state index in [0.717, 1.165) is 18.0 Å². The number of thioether (sulfide) groups is 1. The SMILES string of the molecule is CCc1ccc(CCNC(=O)CSc2nccn2C)cc1. The molecule has 0 spiro atoms. The smallest absolute Gasteiger partial charge is 0.230 e. The van der Waals surface area contributed by atoms with Crippen LogP contribution in [0.2, 0.25) is 0 Å². The van der Waals surface area contributed by atoms with E-state index in [-0.39, 0.29) is 5.91 Å². The predicted octanol–water partition coefficient (Wildman–Crippen LogP) is 2.43. The van der Waals surface area contributed by atoms with Crippen LogP contribution < -0.4 is 5.32 Å². The van der Waals surface area contributed by atoms with Crippen molar-refractivity contribution in [3.8, 4) is 0 Å². The lowest BCUT2D eigenvalue weighted by molar-refractivity contribution is -0.118. The molecule has 0 fully saturated rings. The molecule has 1 amide bonds. The van der Waals surface area contributed by atoms with Crippen molar-refractivity contribution in [3.05, 3.63) is 47.8 Å². The first-order chi connectivity index (χ1) is 10.2. The molecule has 0 saturated carbocycles. The summed E-state index contributed by atoms with van der Waals surface area (Å²) in [6.45, 7) is 2.82. The topological polar surface area (TPSA) is 46.9 Å². The molecular formula is C16H21N3OS. The maximum absolute atomic E-state index is 11.8. The summed E-state index contributed by atoms with van der Waals surface area (Å²) < 4.78 is 1.91. The molecule has 4 nitrogen and oxygen atoms in total. The van der Waals surface area contributed by atoms with Gasteiger partial charge >= 0.3 is 0 Å². The van der Waals surface area contributed by atoms with Gasteiger partial charge in [0.25, 0.3) is 0 Å². The van der Waals surface area contributed by atoms with E-state index >= 15 is 0 Å². The summed E-state index contributed by atoms with van der Waals surface area (Å²) >= 11 is 1.45. The highest BCUT2D eigenvalue weighted by Gasteiger charge is 2.05. The minimum atomic E-state index is 0.0492. The molecule has 0 radical (unpaired) electrons. The normalized spacial score (nSPS) is 10.6. The third-order valence-electron chi connectivity index (χ3n) is 3.28.